The molecule has 1 aromatic heterocycles. The first-order chi connectivity index (χ1) is 17.4. The number of ether oxygens (including phenoxy) is 3. The van der Waals surface area contributed by atoms with Crippen molar-refractivity contribution < 1.29 is 19.0 Å². The number of carbonyl (C=O) groups is 1. The highest BCUT2D eigenvalue weighted by atomic mass is 35.5. The van der Waals surface area contributed by atoms with Gasteiger partial charge in [0.25, 0.3) is 5.56 Å². The summed E-state index contributed by atoms with van der Waals surface area (Å²) >= 11 is 7.77. The summed E-state index contributed by atoms with van der Waals surface area (Å²) in [5, 5.41) is 0.438. The molecular formula is C27H25ClN2O5S. The van der Waals surface area contributed by atoms with Gasteiger partial charge in [0.1, 0.15) is 12.6 Å². The Morgan fingerprint density at radius 2 is 2.03 bits per heavy atom. The van der Waals surface area contributed by atoms with Gasteiger partial charge in [0.15, 0.2) is 16.3 Å². The van der Waals surface area contributed by atoms with Gasteiger partial charge in [-0.3, -0.25) is 9.36 Å². The van der Waals surface area contributed by atoms with Crippen molar-refractivity contribution in [2.24, 2.45) is 4.99 Å². The predicted octanol–water partition coefficient (Wildman–Crippen LogP) is 4.03. The standard InChI is InChI=1S/C27H25ClN2O5S/c1-5-13-35-20-12-11-17(14-21(20)33-4)15-22-25(31)30-24(18-9-7-8-10-19(18)28)23(26(32)34-6-2)16(3)29-27(30)36-22/h5,7-12,14-15,24H,1,6,13H2,2-4H3/b22-15-/t24-/m0/s1. The molecule has 0 saturated heterocycles. The van der Waals surface area contributed by atoms with E-state index in [2.05, 4.69) is 11.6 Å². The monoisotopic (exact) mass is 524 g/mol. The molecule has 0 fully saturated rings. The molecule has 0 unspecified atom stereocenters. The third-order valence-electron chi connectivity index (χ3n) is 5.56. The van der Waals surface area contributed by atoms with Crippen molar-refractivity contribution in [2.75, 3.05) is 20.3 Å². The Balaban J connectivity index is 1.89. The lowest BCUT2D eigenvalue weighted by Crippen LogP contribution is -2.40. The highest BCUT2D eigenvalue weighted by Gasteiger charge is 2.34. The summed E-state index contributed by atoms with van der Waals surface area (Å²) in [7, 11) is 1.55. The second-order valence-electron chi connectivity index (χ2n) is 7.83. The predicted molar refractivity (Wildman–Crippen MR) is 141 cm³/mol. The Morgan fingerprint density at radius 3 is 2.72 bits per heavy atom. The number of aromatic nitrogens is 1. The number of rotatable bonds is 8. The van der Waals surface area contributed by atoms with Crippen LogP contribution < -0.4 is 24.4 Å². The molecule has 0 spiro atoms. The van der Waals surface area contributed by atoms with E-state index in [4.69, 9.17) is 25.8 Å². The zero-order valence-corrected chi connectivity index (χ0v) is 21.7. The van der Waals surface area contributed by atoms with Crippen molar-refractivity contribution in [1.29, 1.82) is 0 Å². The maximum Gasteiger partial charge on any atom is 0.338 e. The number of hydrogen-bond donors (Lipinski definition) is 0. The fourth-order valence-corrected chi connectivity index (χ4v) is 5.26. The van der Waals surface area contributed by atoms with Gasteiger partial charge in [0.2, 0.25) is 0 Å². The molecule has 36 heavy (non-hydrogen) atoms. The Kier molecular flexibility index (Phi) is 7.76. The molecule has 0 saturated carbocycles. The third kappa shape index (κ3) is 4.87. The first-order valence-electron chi connectivity index (χ1n) is 11.2. The van der Waals surface area contributed by atoms with Crippen LogP contribution in [-0.2, 0) is 9.53 Å². The van der Waals surface area contributed by atoms with Gasteiger partial charge in [0, 0.05) is 5.02 Å². The summed E-state index contributed by atoms with van der Waals surface area (Å²) in [6.45, 7) is 7.67. The topological polar surface area (TPSA) is 79.1 Å². The molecule has 2 aromatic carbocycles. The molecule has 4 rings (SSSR count). The number of fused-ring (bicyclic) bond motifs is 1. The van der Waals surface area contributed by atoms with Gasteiger partial charge < -0.3 is 14.2 Å². The van der Waals surface area contributed by atoms with Gasteiger partial charge in [-0.15, -0.1) is 0 Å². The van der Waals surface area contributed by atoms with Gasteiger partial charge >= 0.3 is 5.97 Å². The van der Waals surface area contributed by atoms with Crippen LogP contribution in [0.4, 0.5) is 0 Å². The summed E-state index contributed by atoms with van der Waals surface area (Å²) in [6.07, 6.45) is 3.41. The molecule has 0 bridgehead atoms. The van der Waals surface area contributed by atoms with Gasteiger partial charge in [0.05, 0.1) is 29.5 Å². The fourth-order valence-electron chi connectivity index (χ4n) is 3.98. The number of methoxy groups -OCH3 is 1. The van der Waals surface area contributed by atoms with Crippen LogP contribution in [0.15, 0.2) is 76.2 Å². The molecule has 0 amide bonds. The smallest absolute Gasteiger partial charge is 0.338 e. The third-order valence-corrected chi connectivity index (χ3v) is 6.89. The number of benzene rings is 2. The van der Waals surface area contributed by atoms with E-state index in [9.17, 15) is 9.59 Å². The van der Waals surface area contributed by atoms with Crippen molar-refractivity contribution in [1.82, 2.24) is 4.57 Å². The molecule has 0 N–H and O–H groups in total. The Labute approximate surface area is 217 Å². The van der Waals surface area contributed by atoms with Gasteiger partial charge in [-0.2, -0.15) is 0 Å². The minimum Gasteiger partial charge on any atom is -0.493 e. The second kappa shape index (κ2) is 11.0. The molecule has 7 nitrogen and oxygen atoms in total. The van der Waals surface area contributed by atoms with Crippen LogP contribution in [0.1, 0.15) is 31.0 Å². The number of thiazole rings is 1. The van der Waals surface area contributed by atoms with Crippen LogP contribution >= 0.6 is 22.9 Å². The minimum absolute atomic E-state index is 0.198. The summed E-state index contributed by atoms with van der Waals surface area (Å²) < 4.78 is 18.3. The molecule has 1 aliphatic heterocycles. The minimum atomic E-state index is -0.764. The summed E-state index contributed by atoms with van der Waals surface area (Å²) in [5.74, 6) is 0.579. The maximum atomic E-state index is 13.7. The summed E-state index contributed by atoms with van der Waals surface area (Å²) in [5.41, 5.74) is 1.85. The quantitative estimate of drug-likeness (QED) is 0.328. The Bertz CT molecular complexity index is 1540. The molecule has 0 aliphatic carbocycles. The molecular weight excluding hydrogens is 500 g/mol. The van der Waals surface area contributed by atoms with Crippen molar-refractivity contribution in [3.63, 3.8) is 0 Å². The summed E-state index contributed by atoms with van der Waals surface area (Å²) in [6, 6.07) is 11.8. The van der Waals surface area contributed by atoms with Crippen LogP contribution in [0, 0.1) is 0 Å². The van der Waals surface area contributed by atoms with Crippen LogP contribution in [0.3, 0.4) is 0 Å². The molecule has 186 valence electrons. The number of hydrogen-bond acceptors (Lipinski definition) is 7. The second-order valence-corrected chi connectivity index (χ2v) is 9.25. The van der Waals surface area contributed by atoms with E-state index < -0.39 is 12.0 Å². The molecule has 1 atom stereocenters. The lowest BCUT2D eigenvalue weighted by molar-refractivity contribution is -0.139. The number of nitrogens with zero attached hydrogens (tertiary/aromatic N) is 2. The van der Waals surface area contributed by atoms with E-state index in [-0.39, 0.29) is 17.7 Å². The van der Waals surface area contributed by atoms with E-state index in [1.165, 1.54) is 15.9 Å². The van der Waals surface area contributed by atoms with E-state index >= 15 is 0 Å². The van der Waals surface area contributed by atoms with Crippen LogP contribution in [0.25, 0.3) is 6.08 Å². The molecule has 9 heteroatoms. The summed E-state index contributed by atoms with van der Waals surface area (Å²) in [4.78, 5) is 31.7. The van der Waals surface area contributed by atoms with E-state index in [1.54, 1.807) is 63.4 Å². The van der Waals surface area contributed by atoms with Crippen LogP contribution in [0.5, 0.6) is 11.5 Å². The van der Waals surface area contributed by atoms with Crippen LogP contribution in [0.2, 0.25) is 5.02 Å². The molecule has 0 radical (unpaired) electrons. The number of allylic oxidation sites excluding steroid dienone is 1. The Morgan fingerprint density at radius 1 is 1.25 bits per heavy atom. The first-order valence-corrected chi connectivity index (χ1v) is 12.4. The van der Waals surface area contributed by atoms with Crippen molar-refractivity contribution in [3.8, 4) is 11.5 Å². The van der Waals surface area contributed by atoms with Crippen molar-refractivity contribution in [2.45, 2.75) is 19.9 Å². The molecule has 1 aliphatic rings. The molecule has 3 aromatic rings. The van der Waals surface area contributed by atoms with Gasteiger partial charge in [-0.05, 0) is 49.2 Å². The maximum absolute atomic E-state index is 13.7. The highest BCUT2D eigenvalue weighted by Crippen LogP contribution is 2.34. The van der Waals surface area contributed by atoms with E-state index in [0.717, 1.165) is 5.56 Å². The van der Waals surface area contributed by atoms with E-state index in [1.807, 2.05) is 12.1 Å². The number of esters is 1. The number of carbonyl (C=O) groups excluding carboxylic acids is 1. The number of halogens is 1. The first kappa shape index (κ1) is 25.5. The van der Waals surface area contributed by atoms with Crippen LogP contribution in [-0.4, -0.2) is 30.9 Å². The van der Waals surface area contributed by atoms with Crippen molar-refractivity contribution >= 4 is 35.0 Å². The largest absolute Gasteiger partial charge is 0.493 e. The normalized spacial score (nSPS) is 15.2. The average molecular weight is 525 g/mol. The Hall–Kier alpha value is -3.62. The average Bonchev–Trinajstić information content (AvgIpc) is 3.17. The molecule has 2 heterocycles. The lowest BCUT2D eigenvalue weighted by atomic mass is 9.96. The zero-order valence-electron chi connectivity index (χ0n) is 20.1. The van der Waals surface area contributed by atoms with Gasteiger partial charge in [-0.25, -0.2) is 9.79 Å². The van der Waals surface area contributed by atoms with E-state index in [0.29, 0.717) is 43.7 Å². The van der Waals surface area contributed by atoms with Gasteiger partial charge in [-0.1, -0.05) is 59.9 Å². The van der Waals surface area contributed by atoms with Crippen molar-refractivity contribution in [3.05, 3.63) is 102 Å². The zero-order chi connectivity index (χ0) is 25.8. The lowest BCUT2D eigenvalue weighted by Gasteiger charge is -2.25. The highest BCUT2D eigenvalue weighted by molar-refractivity contribution is 7.07. The fraction of sp³-hybridized carbons (Fsp3) is 0.222. The SMILES string of the molecule is C=CCOc1ccc(/C=c2\sc3n(c2=O)[C@@H](c2ccccc2Cl)C(C(=O)OCC)=C(C)N=3)cc1OC.